The molecule has 15 heavy (non-hydrogen) atoms. The molecule has 0 saturated heterocycles. The van der Waals surface area contributed by atoms with Crippen LogP contribution in [0.4, 0.5) is 0 Å². The van der Waals surface area contributed by atoms with Gasteiger partial charge >= 0.3 is 0 Å². The summed E-state index contributed by atoms with van der Waals surface area (Å²) in [5, 5.41) is 7.59. The zero-order valence-corrected chi connectivity index (χ0v) is 10.0. The monoisotopic (exact) mass is 237 g/mol. The fourth-order valence-electron chi connectivity index (χ4n) is 1.67. The Hall–Kier alpha value is -0.780. The predicted molar refractivity (Wildman–Crippen MR) is 63.4 cm³/mol. The molecule has 0 unspecified atom stereocenters. The van der Waals surface area contributed by atoms with Crippen LogP contribution in [0.5, 0.6) is 0 Å². The molecular formula is C10H11N3S2. The number of nitrogens with zero attached hydrogens (tertiary/aromatic N) is 2. The summed E-state index contributed by atoms with van der Waals surface area (Å²) in [6.45, 7) is 4.04. The molecule has 0 fully saturated rings. The fourth-order valence-corrected chi connectivity index (χ4v) is 3.58. The van der Waals surface area contributed by atoms with Crippen molar-refractivity contribution in [1.29, 1.82) is 0 Å². The number of hydrogen-bond donors (Lipinski definition) is 1. The van der Waals surface area contributed by atoms with Gasteiger partial charge in [0.2, 0.25) is 0 Å². The summed E-state index contributed by atoms with van der Waals surface area (Å²) in [5.74, 6) is 0. The number of fused-ring (bicyclic) bond motifs is 1. The molecule has 0 bridgehead atoms. The smallest absolute Gasteiger partial charge is 0.152 e. The van der Waals surface area contributed by atoms with Gasteiger partial charge in [0.1, 0.15) is 0 Å². The Morgan fingerprint density at radius 1 is 1.33 bits per heavy atom. The third-order valence-electron chi connectivity index (χ3n) is 2.40. The third kappa shape index (κ3) is 1.71. The van der Waals surface area contributed by atoms with E-state index in [-0.39, 0.29) is 0 Å². The average Bonchev–Trinajstić information content (AvgIpc) is 2.82. The lowest BCUT2D eigenvalue weighted by atomic mass is 10.2. The molecule has 1 aliphatic rings. The largest absolute Gasteiger partial charge is 0.311 e. The summed E-state index contributed by atoms with van der Waals surface area (Å²) in [6.07, 6.45) is 1.05. The lowest BCUT2D eigenvalue weighted by Gasteiger charge is -2.09. The van der Waals surface area contributed by atoms with Crippen molar-refractivity contribution in [2.75, 3.05) is 6.54 Å². The van der Waals surface area contributed by atoms with Crippen LogP contribution in [-0.4, -0.2) is 16.5 Å². The SMILES string of the molecule is Cc1csc(-c2nc3c(s2)CNCC3)n1. The molecule has 0 saturated carbocycles. The summed E-state index contributed by atoms with van der Waals surface area (Å²) < 4.78 is 0. The Balaban J connectivity index is 2.02. The van der Waals surface area contributed by atoms with E-state index in [2.05, 4.69) is 20.7 Å². The summed E-state index contributed by atoms with van der Waals surface area (Å²) in [7, 11) is 0. The van der Waals surface area contributed by atoms with Gasteiger partial charge in [0.15, 0.2) is 10.0 Å². The molecule has 0 radical (unpaired) electrons. The summed E-state index contributed by atoms with van der Waals surface area (Å²) in [6, 6.07) is 0. The molecule has 78 valence electrons. The minimum absolute atomic E-state index is 0.970. The summed E-state index contributed by atoms with van der Waals surface area (Å²) in [4.78, 5) is 10.5. The average molecular weight is 237 g/mol. The Labute approximate surface area is 96.2 Å². The highest BCUT2D eigenvalue weighted by Gasteiger charge is 2.16. The quantitative estimate of drug-likeness (QED) is 0.826. The summed E-state index contributed by atoms with van der Waals surface area (Å²) >= 11 is 3.46. The highest BCUT2D eigenvalue weighted by Crippen LogP contribution is 2.31. The Kier molecular flexibility index (Phi) is 2.31. The van der Waals surface area contributed by atoms with Crippen LogP contribution in [0.15, 0.2) is 5.38 Å². The van der Waals surface area contributed by atoms with Gasteiger partial charge in [-0.25, -0.2) is 9.97 Å². The molecule has 0 spiro atoms. The van der Waals surface area contributed by atoms with Crippen molar-refractivity contribution in [3.63, 3.8) is 0 Å². The van der Waals surface area contributed by atoms with Gasteiger partial charge in [0, 0.05) is 35.5 Å². The van der Waals surface area contributed by atoms with Crippen molar-refractivity contribution in [3.8, 4) is 10.0 Å². The van der Waals surface area contributed by atoms with Crippen LogP contribution < -0.4 is 5.32 Å². The number of rotatable bonds is 1. The Morgan fingerprint density at radius 3 is 3.00 bits per heavy atom. The molecule has 1 N–H and O–H groups in total. The van der Waals surface area contributed by atoms with Crippen LogP contribution in [0.25, 0.3) is 10.0 Å². The summed E-state index contributed by atoms with van der Waals surface area (Å²) in [5.41, 5.74) is 2.35. The molecule has 2 aromatic rings. The van der Waals surface area contributed by atoms with E-state index >= 15 is 0 Å². The van der Waals surface area contributed by atoms with Gasteiger partial charge in [-0.05, 0) is 6.92 Å². The van der Waals surface area contributed by atoms with Crippen molar-refractivity contribution in [2.24, 2.45) is 0 Å². The third-order valence-corrected chi connectivity index (χ3v) is 4.60. The normalized spacial score (nSPS) is 15.3. The van der Waals surface area contributed by atoms with E-state index in [9.17, 15) is 0 Å². The van der Waals surface area contributed by atoms with E-state index < -0.39 is 0 Å². The molecule has 2 aromatic heterocycles. The van der Waals surface area contributed by atoms with E-state index in [0.717, 1.165) is 35.2 Å². The second-order valence-corrected chi connectivity index (χ2v) is 5.55. The molecule has 0 amide bonds. The van der Waals surface area contributed by atoms with Gasteiger partial charge in [-0.3, -0.25) is 0 Å². The number of hydrogen-bond acceptors (Lipinski definition) is 5. The van der Waals surface area contributed by atoms with E-state index in [1.54, 1.807) is 22.7 Å². The van der Waals surface area contributed by atoms with Gasteiger partial charge in [0.05, 0.1) is 5.69 Å². The van der Waals surface area contributed by atoms with Crippen LogP contribution in [0, 0.1) is 6.92 Å². The molecule has 5 heteroatoms. The minimum Gasteiger partial charge on any atom is -0.311 e. The first-order valence-corrected chi connectivity index (χ1v) is 6.64. The second-order valence-electron chi connectivity index (χ2n) is 3.61. The van der Waals surface area contributed by atoms with Crippen LogP contribution in [0.2, 0.25) is 0 Å². The topological polar surface area (TPSA) is 37.8 Å². The van der Waals surface area contributed by atoms with Crippen molar-refractivity contribution in [2.45, 2.75) is 19.9 Å². The zero-order valence-electron chi connectivity index (χ0n) is 8.41. The maximum atomic E-state index is 4.66. The van der Waals surface area contributed by atoms with E-state index in [4.69, 9.17) is 0 Å². The van der Waals surface area contributed by atoms with Gasteiger partial charge in [-0.1, -0.05) is 0 Å². The molecule has 3 heterocycles. The molecule has 3 nitrogen and oxygen atoms in total. The second kappa shape index (κ2) is 3.66. The van der Waals surface area contributed by atoms with Gasteiger partial charge in [0.25, 0.3) is 0 Å². The molecule has 0 atom stereocenters. The first-order valence-electron chi connectivity index (χ1n) is 4.95. The van der Waals surface area contributed by atoms with Gasteiger partial charge in [-0.15, -0.1) is 22.7 Å². The van der Waals surface area contributed by atoms with Crippen molar-refractivity contribution >= 4 is 22.7 Å². The number of thiazole rings is 2. The van der Waals surface area contributed by atoms with Crippen molar-refractivity contribution in [3.05, 3.63) is 21.6 Å². The first-order chi connectivity index (χ1) is 7.33. The lowest BCUT2D eigenvalue weighted by Crippen LogP contribution is -2.22. The zero-order chi connectivity index (χ0) is 10.3. The number of aromatic nitrogens is 2. The fraction of sp³-hybridized carbons (Fsp3) is 0.400. The first kappa shape index (κ1) is 9.45. The highest BCUT2D eigenvalue weighted by atomic mass is 32.1. The standard InChI is InChI=1S/C10H11N3S2/c1-6-5-14-9(12-6)10-13-7-2-3-11-4-8(7)15-10/h5,11H,2-4H2,1H3. The van der Waals surface area contributed by atoms with E-state index in [1.807, 2.05) is 6.92 Å². The number of nitrogens with one attached hydrogen (secondary N) is 1. The van der Waals surface area contributed by atoms with E-state index in [1.165, 1.54) is 10.6 Å². The predicted octanol–water partition coefficient (Wildman–Crippen LogP) is 2.22. The maximum Gasteiger partial charge on any atom is 0.152 e. The molecule has 1 aliphatic heterocycles. The molecule has 3 rings (SSSR count). The molecule has 0 aromatic carbocycles. The lowest BCUT2D eigenvalue weighted by molar-refractivity contribution is 0.644. The number of aryl methyl sites for hydroxylation is 1. The van der Waals surface area contributed by atoms with Gasteiger partial charge < -0.3 is 5.32 Å². The van der Waals surface area contributed by atoms with Crippen molar-refractivity contribution < 1.29 is 0 Å². The minimum atomic E-state index is 0.970. The van der Waals surface area contributed by atoms with Crippen LogP contribution >= 0.6 is 22.7 Å². The van der Waals surface area contributed by atoms with Crippen molar-refractivity contribution in [1.82, 2.24) is 15.3 Å². The van der Waals surface area contributed by atoms with Crippen LogP contribution in [0.3, 0.4) is 0 Å². The highest BCUT2D eigenvalue weighted by molar-refractivity contribution is 7.20. The van der Waals surface area contributed by atoms with Gasteiger partial charge in [-0.2, -0.15) is 0 Å². The Bertz CT molecular complexity index is 463. The van der Waals surface area contributed by atoms with Crippen LogP contribution in [-0.2, 0) is 13.0 Å². The molecule has 0 aliphatic carbocycles. The van der Waals surface area contributed by atoms with Crippen LogP contribution in [0.1, 0.15) is 16.3 Å². The maximum absolute atomic E-state index is 4.66. The van der Waals surface area contributed by atoms with E-state index in [0.29, 0.717) is 0 Å². The molecular weight excluding hydrogens is 226 g/mol. The Morgan fingerprint density at radius 2 is 2.27 bits per heavy atom.